The lowest BCUT2D eigenvalue weighted by molar-refractivity contribution is 0.0600. The van der Waals surface area contributed by atoms with Gasteiger partial charge in [0.25, 0.3) is 0 Å². The molecule has 0 atom stereocenters. The number of ether oxygens (including phenoxy) is 3. The second kappa shape index (κ2) is 9.40. The highest BCUT2D eigenvalue weighted by molar-refractivity contribution is 5.89. The lowest BCUT2D eigenvalue weighted by Gasteiger charge is -2.17. The molecule has 0 aromatic heterocycles. The summed E-state index contributed by atoms with van der Waals surface area (Å²) < 4.78 is 16.4. The van der Waals surface area contributed by atoms with Gasteiger partial charge < -0.3 is 14.2 Å². The Morgan fingerprint density at radius 3 is 2.46 bits per heavy atom. The molecule has 0 fully saturated rings. The SMILES string of the molecule is COC(=O)c1cccc(COC2=CC(=C=O)CC(OCc3ccccc3)=C2)c1. The Morgan fingerprint density at radius 1 is 0.964 bits per heavy atom. The first-order chi connectivity index (χ1) is 13.7. The number of methoxy groups -OCH3 is 1. The summed E-state index contributed by atoms with van der Waals surface area (Å²) in [6.07, 6.45) is 3.79. The summed E-state index contributed by atoms with van der Waals surface area (Å²) in [7, 11) is 1.34. The molecule has 0 radical (unpaired) electrons. The van der Waals surface area contributed by atoms with Crippen LogP contribution in [0.25, 0.3) is 0 Å². The minimum Gasteiger partial charge on any atom is -0.493 e. The number of rotatable bonds is 7. The fourth-order valence-corrected chi connectivity index (χ4v) is 2.73. The molecule has 1 aliphatic carbocycles. The van der Waals surface area contributed by atoms with E-state index in [1.165, 1.54) is 7.11 Å². The van der Waals surface area contributed by atoms with Gasteiger partial charge in [0, 0.05) is 18.1 Å². The highest BCUT2D eigenvalue weighted by Gasteiger charge is 2.14. The maximum absolute atomic E-state index is 11.6. The maximum Gasteiger partial charge on any atom is 0.337 e. The number of esters is 1. The molecule has 0 aliphatic heterocycles. The number of carbonyl (C=O) groups excluding carboxylic acids is 2. The molecule has 0 heterocycles. The average molecular weight is 376 g/mol. The largest absolute Gasteiger partial charge is 0.493 e. The van der Waals surface area contributed by atoms with Gasteiger partial charge in [0.1, 0.15) is 30.7 Å². The molecule has 0 bridgehead atoms. The van der Waals surface area contributed by atoms with E-state index in [2.05, 4.69) is 0 Å². The van der Waals surface area contributed by atoms with Gasteiger partial charge in [-0.25, -0.2) is 9.59 Å². The smallest absolute Gasteiger partial charge is 0.337 e. The molecule has 0 unspecified atom stereocenters. The highest BCUT2D eigenvalue weighted by Crippen LogP contribution is 2.24. The third-order valence-electron chi connectivity index (χ3n) is 4.14. The van der Waals surface area contributed by atoms with Crippen molar-refractivity contribution >= 4 is 11.9 Å². The van der Waals surface area contributed by atoms with Gasteiger partial charge in [0.15, 0.2) is 0 Å². The molecule has 0 N–H and O–H groups in total. The van der Waals surface area contributed by atoms with Crippen LogP contribution in [-0.2, 0) is 32.2 Å². The molecule has 1 aliphatic rings. The van der Waals surface area contributed by atoms with Crippen molar-refractivity contribution < 1.29 is 23.8 Å². The van der Waals surface area contributed by atoms with Gasteiger partial charge in [-0.3, -0.25) is 0 Å². The fourth-order valence-electron chi connectivity index (χ4n) is 2.73. The Morgan fingerprint density at radius 2 is 1.71 bits per heavy atom. The quantitative estimate of drug-likeness (QED) is 0.537. The zero-order chi connectivity index (χ0) is 19.8. The normalized spacial score (nSPS) is 13.1. The van der Waals surface area contributed by atoms with E-state index in [4.69, 9.17) is 14.2 Å². The van der Waals surface area contributed by atoms with Gasteiger partial charge >= 0.3 is 5.97 Å². The van der Waals surface area contributed by atoms with Crippen LogP contribution in [0.2, 0.25) is 0 Å². The monoisotopic (exact) mass is 376 g/mol. The number of allylic oxidation sites excluding steroid dienone is 3. The van der Waals surface area contributed by atoms with Crippen LogP contribution in [0.4, 0.5) is 0 Å². The third kappa shape index (κ3) is 5.22. The van der Waals surface area contributed by atoms with Crippen LogP contribution in [0, 0.1) is 0 Å². The minimum absolute atomic E-state index is 0.241. The number of carbonyl (C=O) groups is 1. The van der Waals surface area contributed by atoms with Crippen molar-refractivity contribution in [1.82, 2.24) is 0 Å². The van der Waals surface area contributed by atoms with E-state index in [1.54, 1.807) is 30.4 Å². The van der Waals surface area contributed by atoms with Gasteiger partial charge in [-0.1, -0.05) is 42.5 Å². The van der Waals surface area contributed by atoms with E-state index < -0.39 is 5.97 Å². The van der Waals surface area contributed by atoms with Crippen LogP contribution in [0.5, 0.6) is 0 Å². The summed E-state index contributed by atoms with van der Waals surface area (Å²) in [5, 5.41) is 0. The van der Waals surface area contributed by atoms with E-state index in [9.17, 15) is 9.59 Å². The zero-order valence-electron chi connectivity index (χ0n) is 15.5. The second-order valence-corrected chi connectivity index (χ2v) is 6.22. The molecule has 2 aromatic rings. The summed E-state index contributed by atoms with van der Waals surface area (Å²) in [6.45, 7) is 0.651. The van der Waals surface area contributed by atoms with Crippen LogP contribution in [0.15, 0.2) is 83.8 Å². The molecule has 28 heavy (non-hydrogen) atoms. The van der Waals surface area contributed by atoms with E-state index in [0.717, 1.165) is 11.1 Å². The first-order valence-electron chi connectivity index (χ1n) is 8.81. The van der Waals surface area contributed by atoms with Gasteiger partial charge in [-0.15, -0.1) is 0 Å². The molecular formula is C23H20O5. The average Bonchev–Trinajstić information content (AvgIpc) is 2.76. The number of hydrogen-bond acceptors (Lipinski definition) is 5. The molecule has 142 valence electrons. The molecule has 0 saturated heterocycles. The van der Waals surface area contributed by atoms with Crippen LogP contribution in [-0.4, -0.2) is 19.0 Å². The van der Waals surface area contributed by atoms with E-state index in [-0.39, 0.29) is 6.61 Å². The van der Waals surface area contributed by atoms with Crippen molar-refractivity contribution in [2.24, 2.45) is 0 Å². The molecule has 0 saturated carbocycles. The van der Waals surface area contributed by atoms with E-state index in [0.29, 0.717) is 35.7 Å². The summed E-state index contributed by atoms with van der Waals surface area (Å²) >= 11 is 0. The summed E-state index contributed by atoms with van der Waals surface area (Å²) in [5.41, 5.74) is 2.77. The van der Waals surface area contributed by atoms with Gasteiger partial charge in [0.2, 0.25) is 0 Å². The molecular weight excluding hydrogens is 356 g/mol. The Balaban J connectivity index is 1.66. The lowest BCUT2D eigenvalue weighted by atomic mass is 10.1. The number of hydrogen-bond donors (Lipinski definition) is 0. The zero-order valence-corrected chi connectivity index (χ0v) is 15.5. The molecule has 3 rings (SSSR count). The Hall–Kier alpha value is -3.56. The Labute approximate surface area is 163 Å². The van der Waals surface area contributed by atoms with Crippen molar-refractivity contribution in [3.05, 3.63) is 101 Å². The molecule has 5 nitrogen and oxygen atoms in total. The highest BCUT2D eigenvalue weighted by atomic mass is 16.5. The molecule has 2 aromatic carbocycles. The molecule has 0 spiro atoms. The van der Waals surface area contributed by atoms with Crippen molar-refractivity contribution in [2.45, 2.75) is 19.6 Å². The van der Waals surface area contributed by atoms with Crippen molar-refractivity contribution in [1.29, 1.82) is 0 Å². The van der Waals surface area contributed by atoms with Gasteiger partial charge in [0.05, 0.1) is 12.7 Å². The van der Waals surface area contributed by atoms with Gasteiger partial charge in [-0.2, -0.15) is 0 Å². The lowest BCUT2D eigenvalue weighted by Crippen LogP contribution is -2.04. The first-order valence-corrected chi connectivity index (χ1v) is 8.81. The van der Waals surface area contributed by atoms with E-state index in [1.807, 2.05) is 42.3 Å². The molecule has 5 heteroatoms. The summed E-state index contributed by atoms with van der Waals surface area (Å²) in [6, 6.07) is 16.8. The van der Waals surface area contributed by atoms with Crippen LogP contribution >= 0.6 is 0 Å². The van der Waals surface area contributed by atoms with Crippen LogP contribution < -0.4 is 0 Å². The molecule has 0 amide bonds. The second-order valence-electron chi connectivity index (χ2n) is 6.22. The Bertz CT molecular complexity index is 950. The predicted octanol–water partition coefficient (Wildman–Crippen LogP) is 4.14. The van der Waals surface area contributed by atoms with Crippen molar-refractivity contribution in [3.63, 3.8) is 0 Å². The standard InChI is InChI=1S/C23H20O5/c1-26-23(25)20-9-5-8-18(10-20)16-28-22-12-19(14-24)11-21(13-22)27-15-17-6-3-2-4-7-17/h2-10,12-13H,11,15-16H2,1H3. The first kappa shape index (κ1) is 19.2. The van der Waals surface area contributed by atoms with E-state index >= 15 is 0 Å². The Kier molecular flexibility index (Phi) is 6.45. The fraction of sp³-hybridized carbons (Fsp3) is 0.174. The summed E-state index contributed by atoms with van der Waals surface area (Å²) in [4.78, 5) is 22.8. The van der Waals surface area contributed by atoms with Crippen LogP contribution in [0.3, 0.4) is 0 Å². The minimum atomic E-state index is -0.401. The topological polar surface area (TPSA) is 61.8 Å². The van der Waals surface area contributed by atoms with Crippen molar-refractivity contribution in [2.75, 3.05) is 7.11 Å². The number of benzene rings is 2. The summed E-state index contributed by atoms with van der Waals surface area (Å²) in [5.74, 6) is 2.67. The predicted molar refractivity (Wildman–Crippen MR) is 104 cm³/mol. The van der Waals surface area contributed by atoms with Crippen LogP contribution in [0.1, 0.15) is 27.9 Å². The maximum atomic E-state index is 11.6. The third-order valence-corrected chi connectivity index (χ3v) is 4.14. The van der Waals surface area contributed by atoms with Crippen molar-refractivity contribution in [3.8, 4) is 0 Å². The van der Waals surface area contributed by atoms with Gasteiger partial charge in [-0.05, 0) is 29.3 Å².